The number of fused-ring (bicyclic) bond motifs is 3. The van der Waals surface area contributed by atoms with Gasteiger partial charge >= 0.3 is 5.97 Å². The van der Waals surface area contributed by atoms with Gasteiger partial charge in [0.2, 0.25) is 0 Å². The van der Waals surface area contributed by atoms with Crippen LogP contribution in [0.25, 0.3) is 5.69 Å². The van der Waals surface area contributed by atoms with E-state index in [4.69, 9.17) is 36.3 Å². The summed E-state index contributed by atoms with van der Waals surface area (Å²) in [7, 11) is 3.19. The molecular formula is C28H32ClN5O5. The topological polar surface area (TPSA) is 123 Å². The molecule has 10 nitrogen and oxygen atoms in total. The molecule has 0 fully saturated rings. The molecule has 4 rings (SSSR count). The first kappa shape index (κ1) is 28.1. The van der Waals surface area contributed by atoms with Gasteiger partial charge in [0.15, 0.2) is 17.3 Å². The summed E-state index contributed by atoms with van der Waals surface area (Å²) in [6, 6.07) is 11.3. The van der Waals surface area contributed by atoms with E-state index in [-0.39, 0.29) is 12.2 Å². The molecule has 11 heteroatoms. The van der Waals surface area contributed by atoms with Crippen molar-refractivity contribution in [3.63, 3.8) is 0 Å². The lowest BCUT2D eigenvalue weighted by Crippen LogP contribution is -2.14. The van der Waals surface area contributed by atoms with Crippen molar-refractivity contribution in [3.8, 4) is 17.2 Å². The van der Waals surface area contributed by atoms with E-state index in [1.165, 1.54) is 12.4 Å². The molecule has 0 radical (unpaired) electrons. The minimum atomic E-state index is -0.567. The molecule has 3 aromatic rings. The molecule has 0 bridgehead atoms. The third-order valence-corrected chi connectivity index (χ3v) is 6.57. The van der Waals surface area contributed by atoms with Crippen LogP contribution < -0.4 is 15.2 Å². The Morgan fingerprint density at radius 3 is 2.69 bits per heavy atom. The molecule has 0 aliphatic carbocycles. The lowest BCUT2D eigenvalue weighted by Gasteiger charge is -2.24. The highest BCUT2D eigenvalue weighted by molar-refractivity contribution is 6.30. The zero-order valence-corrected chi connectivity index (χ0v) is 23.1. The molecule has 1 aromatic heterocycles. The van der Waals surface area contributed by atoms with Crippen molar-refractivity contribution in [3.05, 3.63) is 76.0 Å². The number of aliphatic imine (C=N–C) groups is 1. The van der Waals surface area contributed by atoms with Crippen LogP contribution >= 0.6 is 11.6 Å². The van der Waals surface area contributed by atoms with Crippen LogP contribution in [0.4, 0.5) is 0 Å². The second kappa shape index (κ2) is 12.8. The van der Waals surface area contributed by atoms with Crippen LogP contribution in [0.15, 0.2) is 53.2 Å². The number of benzene rings is 2. The Morgan fingerprint density at radius 2 is 2.00 bits per heavy atom. The number of para-hydroxylation sites is 1. The standard InChI is InChI=1S/C28H32ClN5O5/c1-5-24-32-33-27-23(12-13-31-16-17(15-30)28(35)38-6-2)39-25(19-8-7-9-22(36-3)26(19)37-4)20-14-18(29)10-11-21(20)34(24)27/h7-11,14-16,23,25H,5-6,12-13,30H2,1-4H3/t23-,25-/m1/s1. The maximum Gasteiger partial charge on any atom is 0.341 e. The van der Waals surface area contributed by atoms with E-state index >= 15 is 0 Å². The summed E-state index contributed by atoms with van der Waals surface area (Å²) in [6.45, 7) is 4.33. The highest BCUT2D eigenvalue weighted by Gasteiger charge is 2.35. The molecule has 0 saturated carbocycles. The fraction of sp³-hybridized carbons (Fsp3) is 0.357. The number of aromatic nitrogens is 3. The Labute approximate surface area is 232 Å². The molecule has 2 aromatic carbocycles. The smallest absolute Gasteiger partial charge is 0.341 e. The summed E-state index contributed by atoms with van der Waals surface area (Å²) < 4.78 is 25.2. The first-order valence-electron chi connectivity index (χ1n) is 12.7. The third kappa shape index (κ3) is 5.76. The van der Waals surface area contributed by atoms with Gasteiger partial charge in [0.1, 0.15) is 18.0 Å². The molecule has 0 saturated heterocycles. The van der Waals surface area contributed by atoms with E-state index in [1.807, 2.05) is 47.9 Å². The second-order valence-electron chi connectivity index (χ2n) is 8.62. The van der Waals surface area contributed by atoms with Crippen molar-refractivity contribution in [2.45, 2.75) is 38.9 Å². The van der Waals surface area contributed by atoms with Crippen molar-refractivity contribution in [1.82, 2.24) is 14.8 Å². The number of carbonyl (C=O) groups is 1. The van der Waals surface area contributed by atoms with E-state index in [1.54, 1.807) is 21.1 Å². The average Bonchev–Trinajstić information content (AvgIpc) is 3.32. The first-order chi connectivity index (χ1) is 19.0. The van der Waals surface area contributed by atoms with Crippen LogP contribution in [0.5, 0.6) is 11.5 Å². The van der Waals surface area contributed by atoms with Crippen molar-refractivity contribution in [2.24, 2.45) is 10.7 Å². The largest absolute Gasteiger partial charge is 0.493 e. The van der Waals surface area contributed by atoms with Gasteiger partial charge in [0.05, 0.1) is 32.1 Å². The highest BCUT2D eigenvalue weighted by Crippen LogP contribution is 2.46. The maximum atomic E-state index is 12.0. The lowest BCUT2D eigenvalue weighted by molar-refractivity contribution is -0.137. The van der Waals surface area contributed by atoms with Gasteiger partial charge in [-0.2, -0.15) is 0 Å². The van der Waals surface area contributed by atoms with Crippen molar-refractivity contribution >= 4 is 23.8 Å². The van der Waals surface area contributed by atoms with Gasteiger partial charge in [0.25, 0.3) is 0 Å². The minimum Gasteiger partial charge on any atom is -0.493 e. The molecule has 39 heavy (non-hydrogen) atoms. The molecule has 2 heterocycles. The fourth-order valence-electron chi connectivity index (χ4n) is 4.56. The van der Waals surface area contributed by atoms with E-state index < -0.39 is 18.2 Å². The number of carbonyl (C=O) groups excluding carboxylic acids is 1. The van der Waals surface area contributed by atoms with Crippen molar-refractivity contribution in [1.29, 1.82) is 0 Å². The van der Waals surface area contributed by atoms with Crippen LogP contribution in [0.2, 0.25) is 5.02 Å². The van der Waals surface area contributed by atoms with Gasteiger partial charge in [-0.3, -0.25) is 9.56 Å². The van der Waals surface area contributed by atoms with Gasteiger partial charge in [0, 0.05) is 48.0 Å². The molecule has 1 aliphatic heterocycles. The summed E-state index contributed by atoms with van der Waals surface area (Å²) in [5, 5.41) is 9.52. The molecule has 0 unspecified atom stereocenters. The van der Waals surface area contributed by atoms with Gasteiger partial charge < -0.3 is 24.7 Å². The Balaban J connectivity index is 1.77. The first-order valence-corrected chi connectivity index (χ1v) is 13.0. The average molecular weight is 554 g/mol. The number of hydrogen-bond acceptors (Lipinski definition) is 9. The van der Waals surface area contributed by atoms with Gasteiger partial charge in [-0.05, 0) is 31.2 Å². The minimum absolute atomic E-state index is 0.177. The number of aryl methyl sites for hydroxylation is 1. The van der Waals surface area contributed by atoms with Crippen LogP contribution in [-0.2, 0) is 20.7 Å². The van der Waals surface area contributed by atoms with Gasteiger partial charge in [-0.15, -0.1) is 10.2 Å². The predicted molar refractivity (Wildman–Crippen MR) is 148 cm³/mol. The third-order valence-electron chi connectivity index (χ3n) is 6.33. The van der Waals surface area contributed by atoms with Crippen LogP contribution in [0.3, 0.4) is 0 Å². The van der Waals surface area contributed by atoms with Gasteiger partial charge in [-0.25, -0.2) is 4.79 Å². The quantitative estimate of drug-likeness (QED) is 0.221. The summed E-state index contributed by atoms with van der Waals surface area (Å²) in [6.07, 6.45) is 2.63. The second-order valence-corrected chi connectivity index (χ2v) is 9.06. The molecule has 206 valence electrons. The van der Waals surface area contributed by atoms with Crippen molar-refractivity contribution in [2.75, 3.05) is 27.4 Å². The maximum absolute atomic E-state index is 12.0. The number of hydrogen-bond donors (Lipinski definition) is 1. The molecule has 2 atom stereocenters. The summed E-state index contributed by atoms with van der Waals surface area (Å²) >= 11 is 6.50. The lowest BCUT2D eigenvalue weighted by atomic mass is 9.98. The normalized spacial score (nSPS) is 16.9. The number of ether oxygens (including phenoxy) is 4. The number of halogens is 1. The van der Waals surface area contributed by atoms with E-state index in [2.05, 4.69) is 15.2 Å². The van der Waals surface area contributed by atoms with Crippen LogP contribution in [0.1, 0.15) is 55.3 Å². The predicted octanol–water partition coefficient (Wildman–Crippen LogP) is 4.53. The fourth-order valence-corrected chi connectivity index (χ4v) is 4.74. The zero-order valence-electron chi connectivity index (χ0n) is 22.4. The molecule has 0 amide bonds. The van der Waals surface area contributed by atoms with Crippen molar-refractivity contribution < 1.29 is 23.7 Å². The molecule has 0 spiro atoms. The number of esters is 1. The van der Waals surface area contributed by atoms with Gasteiger partial charge in [-0.1, -0.05) is 30.7 Å². The number of rotatable bonds is 10. The summed E-state index contributed by atoms with van der Waals surface area (Å²) in [5.74, 6) is 2.06. The molecular weight excluding hydrogens is 522 g/mol. The Hall–Kier alpha value is -3.89. The zero-order chi connectivity index (χ0) is 27.9. The summed E-state index contributed by atoms with van der Waals surface area (Å²) in [5.41, 5.74) is 8.26. The number of nitrogens with two attached hydrogens (primary N) is 1. The van der Waals surface area contributed by atoms with E-state index in [0.29, 0.717) is 41.7 Å². The highest BCUT2D eigenvalue weighted by atomic mass is 35.5. The van der Waals surface area contributed by atoms with Crippen LogP contribution in [-0.4, -0.2) is 54.3 Å². The Bertz CT molecular complexity index is 1390. The SMILES string of the molecule is CCOC(=O)C(C=NCC[C@H]1O[C@H](c2cccc(OC)c2OC)c2cc(Cl)ccc2-n2c(CC)nnc21)=CN. The summed E-state index contributed by atoms with van der Waals surface area (Å²) in [4.78, 5) is 16.5. The Morgan fingerprint density at radius 1 is 1.18 bits per heavy atom. The van der Waals surface area contributed by atoms with E-state index in [9.17, 15) is 4.79 Å². The molecule has 1 aliphatic rings. The van der Waals surface area contributed by atoms with E-state index in [0.717, 1.165) is 22.6 Å². The Kier molecular flexibility index (Phi) is 9.21. The molecule has 2 N–H and O–H groups in total. The van der Waals surface area contributed by atoms with Crippen LogP contribution in [0, 0.1) is 0 Å². The monoisotopic (exact) mass is 553 g/mol. The number of nitrogens with zero attached hydrogens (tertiary/aromatic N) is 4. The number of methoxy groups -OCH3 is 2.